The highest BCUT2D eigenvalue weighted by atomic mass is 16.5. The van der Waals surface area contributed by atoms with Crippen LogP contribution < -0.4 is 0 Å². The molecule has 0 radical (unpaired) electrons. The van der Waals surface area contributed by atoms with Crippen molar-refractivity contribution in [3.63, 3.8) is 0 Å². The summed E-state index contributed by atoms with van der Waals surface area (Å²) in [7, 11) is 1.38. The first-order chi connectivity index (χ1) is 12.1. The zero-order valence-electron chi connectivity index (χ0n) is 16.4. The van der Waals surface area contributed by atoms with Gasteiger partial charge in [0.1, 0.15) is 0 Å². The highest BCUT2D eigenvalue weighted by molar-refractivity contribution is 6.20. The van der Waals surface area contributed by atoms with Gasteiger partial charge < -0.3 is 9.84 Å². The SMILES string of the molecule is C=C1CCCC2[C@](C)(CC3=C(O)C(=O)C=C(OC)C3=O)C(C)CC[C@]12C. The molecule has 4 heteroatoms. The highest BCUT2D eigenvalue weighted by Crippen LogP contribution is 2.63. The first kappa shape index (κ1) is 18.9. The molecule has 0 heterocycles. The van der Waals surface area contributed by atoms with Gasteiger partial charge in [-0.2, -0.15) is 0 Å². The summed E-state index contributed by atoms with van der Waals surface area (Å²) < 4.78 is 5.08. The van der Waals surface area contributed by atoms with Crippen LogP contribution in [0.15, 0.2) is 35.3 Å². The molecular formula is C22H30O4. The predicted octanol–water partition coefficient (Wildman–Crippen LogP) is 4.67. The van der Waals surface area contributed by atoms with E-state index in [1.165, 1.54) is 12.7 Å². The van der Waals surface area contributed by atoms with Gasteiger partial charge in [0.25, 0.3) is 0 Å². The van der Waals surface area contributed by atoms with E-state index in [0.29, 0.717) is 18.3 Å². The Hall–Kier alpha value is -1.84. The fourth-order valence-corrected chi connectivity index (χ4v) is 5.62. The second-order valence-electron chi connectivity index (χ2n) is 8.82. The molecule has 0 bridgehead atoms. The van der Waals surface area contributed by atoms with E-state index in [9.17, 15) is 14.7 Å². The molecule has 0 spiro atoms. The number of fused-ring (bicyclic) bond motifs is 1. The summed E-state index contributed by atoms with van der Waals surface area (Å²) in [5, 5.41) is 10.4. The van der Waals surface area contributed by atoms with Gasteiger partial charge in [0, 0.05) is 11.6 Å². The number of Topliss-reactive ketones (excluding diaryl/α,β-unsaturated/α-hetero) is 1. The van der Waals surface area contributed by atoms with Crippen molar-refractivity contribution in [1.82, 2.24) is 0 Å². The molecule has 3 rings (SSSR count). The first-order valence-electron chi connectivity index (χ1n) is 9.60. The summed E-state index contributed by atoms with van der Waals surface area (Å²) in [6.45, 7) is 11.1. The van der Waals surface area contributed by atoms with Crippen LogP contribution in [-0.4, -0.2) is 23.8 Å². The molecule has 4 nitrogen and oxygen atoms in total. The summed E-state index contributed by atoms with van der Waals surface area (Å²) in [6, 6.07) is 0. The number of methoxy groups -OCH3 is 1. The van der Waals surface area contributed by atoms with Crippen molar-refractivity contribution in [2.24, 2.45) is 22.7 Å². The van der Waals surface area contributed by atoms with Gasteiger partial charge in [-0.05, 0) is 61.2 Å². The molecule has 0 aromatic heterocycles. The van der Waals surface area contributed by atoms with Crippen LogP contribution in [0.25, 0.3) is 0 Å². The molecular weight excluding hydrogens is 328 g/mol. The lowest BCUT2D eigenvalue weighted by Crippen LogP contribution is -2.50. The molecule has 1 N–H and O–H groups in total. The van der Waals surface area contributed by atoms with Crippen molar-refractivity contribution in [3.8, 4) is 0 Å². The maximum atomic E-state index is 12.8. The zero-order chi connectivity index (χ0) is 19.3. The van der Waals surface area contributed by atoms with Crippen LogP contribution in [0.3, 0.4) is 0 Å². The Morgan fingerprint density at radius 2 is 2.00 bits per heavy atom. The second kappa shape index (κ2) is 6.40. The Kier molecular flexibility index (Phi) is 4.66. The van der Waals surface area contributed by atoms with Gasteiger partial charge in [-0.3, -0.25) is 9.59 Å². The Labute approximate surface area is 156 Å². The van der Waals surface area contributed by atoms with Gasteiger partial charge >= 0.3 is 0 Å². The van der Waals surface area contributed by atoms with E-state index in [0.717, 1.165) is 38.2 Å². The lowest BCUT2D eigenvalue weighted by atomic mass is 9.46. The minimum absolute atomic E-state index is 0.0191. The molecule has 0 aromatic carbocycles. The highest BCUT2D eigenvalue weighted by Gasteiger charge is 2.54. The van der Waals surface area contributed by atoms with E-state index in [4.69, 9.17) is 4.74 Å². The van der Waals surface area contributed by atoms with E-state index in [1.807, 2.05) is 0 Å². The quantitative estimate of drug-likeness (QED) is 0.588. The van der Waals surface area contributed by atoms with Crippen molar-refractivity contribution in [2.45, 2.75) is 59.3 Å². The number of aliphatic hydroxyl groups excluding tert-OH is 1. The third kappa shape index (κ3) is 2.65. The molecule has 2 fully saturated rings. The molecule has 0 aliphatic heterocycles. The van der Waals surface area contributed by atoms with Crippen LogP contribution in [0.1, 0.15) is 59.3 Å². The van der Waals surface area contributed by atoms with Gasteiger partial charge in [0.15, 0.2) is 11.5 Å². The monoisotopic (exact) mass is 358 g/mol. The van der Waals surface area contributed by atoms with E-state index in [1.54, 1.807) is 0 Å². The van der Waals surface area contributed by atoms with E-state index < -0.39 is 11.5 Å². The maximum absolute atomic E-state index is 12.8. The lowest BCUT2D eigenvalue weighted by Gasteiger charge is -2.59. The maximum Gasteiger partial charge on any atom is 0.227 e. The summed E-state index contributed by atoms with van der Waals surface area (Å²) in [4.78, 5) is 24.9. The summed E-state index contributed by atoms with van der Waals surface area (Å²) in [5.41, 5.74) is 1.42. The Morgan fingerprint density at radius 1 is 1.31 bits per heavy atom. The molecule has 3 aliphatic carbocycles. The Balaban J connectivity index is 2.01. The van der Waals surface area contributed by atoms with Gasteiger partial charge in [-0.25, -0.2) is 0 Å². The fourth-order valence-electron chi connectivity index (χ4n) is 5.62. The number of aliphatic hydroxyl groups is 1. The predicted molar refractivity (Wildman–Crippen MR) is 100 cm³/mol. The van der Waals surface area contributed by atoms with Crippen LogP contribution in [0.5, 0.6) is 0 Å². The Bertz CT molecular complexity index is 728. The average Bonchev–Trinajstić information content (AvgIpc) is 2.61. The third-order valence-electron chi connectivity index (χ3n) is 7.62. The third-order valence-corrected chi connectivity index (χ3v) is 7.62. The summed E-state index contributed by atoms with van der Waals surface area (Å²) >= 11 is 0. The average molecular weight is 358 g/mol. The standard InChI is InChI=1S/C22H30O4/c1-13-7-6-8-18-21(13,3)10-9-14(2)22(18,4)12-15-19(24)16(23)11-17(26-5)20(15)25/h11,14,18,24H,1,6-10,12H2,2-5H3/t14?,18?,21-,22-/m1/s1. The molecule has 4 atom stereocenters. The molecule has 0 aromatic rings. The number of ketones is 2. The van der Waals surface area contributed by atoms with Crippen molar-refractivity contribution in [2.75, 3.05) is 7.11 Å². The van der Waals surface area contributed by atoms with Crippen molar-refractivity contribution < 1.29 is 19.4 Å². The number of ether oxygens (including phenoxy) is 1. The number of hydrogen-bond donors (Lipinski definition) is 1. The summed E-state index contributed by atoms with van der Waals surface area (Å²) in [5.74, 6) is -0.511. The van der Waals surface area contributed by atoms with Crippen LogP contribution in [-0.2, 0) is 14.3 Å². The van der Waals surface area contributed by atoms with Crippen molar-refractivity contribution >= 4 is 11.6 Å². The van der Waals surface area contributed by atoms with Crippen LogP contribution in [0, 0.1) is 22.7 Å². The first-order valence-corrected chi connectivity index (χ1v) is 9.60. The number of carbonyl (C=O) groups is 2. The van der Waals surface area contributed by atoms with Crippen LogP contribution in [0.4, 0.5) is 0 Å². The number of rotatable bonds is 3. The minimum Gasteiger partial charge on any atom is -0.504 e. The van der Waals surface area contributed by atoms with Crippen molar-refractivity contribution in [3.05, 3.63) is 35.3 Å². The topological polar surface area (TPSA) is 63.6 Å². The molecule has 2 unspecified atom stereocenters. The van der Waals surface area contributed by atoms with Gasteiger partial charge in [-0.15, -0.1) is 0 Å². The zero-order valence-corrected chi connectivity index (χ0v) is 16.4. The van der Waals surface area contributed by atoms with Crippen molar-refractivity contribution in [1.29, 1.82) is 0 Å². The second-order valence-corrected chi connectivity index (χ2v) is 8.82. The summed E-state index contributed by atoms with van der Waals surface area (Å²) in [6.07, 6.45) is 6.95. The van der Waals surface area contributed by atoms with Crippen LogP contribution in [0.2, 0.25) is 0 Å². The molecule has 142 valence electrons. The van der Waals surface area contributed by atoms with Gasteiger partial charge in [-0.1, -0.05) is 32.9 Å². The fraction of sp³-hybridized carbons (Fsp3) is 0.636. The van der Waals surface area contributed by atoms with Gasteiger partial charge in [0.2, 0.25) is 11.6 Å². The number of hydrogen-bond acceptors (Lipinski definition) is 4. The number of carbonyl (C=O) groups excluding carboxylic acids is 2. The Morgan fingerprint density at radius 3 is 2.65 bits per heavy atom. The lowest BCUT2D eigenvalue weighted by molar-refractivity contribution is -0.120. The molecule has 3 aliphatic rings. The molecule has 0 saturated heterocycles. The van der Waals surface area contributed by atoms with E-state index in [2.05, 4.69) is 27.4 Å². The molecule has 26 heavy (non-hydrogen) atoms. The molecule has 0 amide bonds. The van der Waals surface area contributed by atoms with Crippen LogP contribution >= 0.6 is 0 Å². The normalized spacial score (nSPS) is 38.2. The van der Waals surface area contributed by atoms with E-state index in [-0.39, 0.29) is 27.9 Å². The molecule has 2 saturated carbocycles. The van der Waals surface area contributed by atoms with Gasteiger partial charge in [0.05, 0.1) is 7.11 Å². The van der Waals surface area contributed by atoms with E-state index >= 15 is 0 Å². The minimum atomic E-state index is -0.542. The smallest absolute Gasteiger partial charge is 0.227 e. The number of allylic oxidation sites excluding steroid dienone is 3. The largest absolute Gasteiger partial charge is 0.504 e.